The lowest BCUT2D eigenvalue weighted by Crippen LogP contribution is -2.02. The van der Waals surface area contributed by atoms with Crippen molar-refractivity contribution in [2.75, 3.05) is 5.32 Å². The van der Waals surface area contributed by atoms with Crippen molar-refractivity contribution in [2.45, 2.75) is 20.8 Å². The van der Waals surface area contributed by atoms with Crippen LogP contribution in [0.2, 0.25) is 0 Å². The van der Waals surface area contributed by atoms with Crippen LogP contribution in [0.4, 0.5) is 11.5 Å². The Kier molecular flexibility index (Phi) is 3.68. The molecule has 0 amide bonds. The van der Waals surface area contributed by atoms with Gasteiger partial charge in [-0.25, -0.2) is 4.98 Å². The van der Waals surface area contributed by atoms with E-state index in [2.05, 4.69) is 22.4 Å². The molecule has 0 aliphatic rings. The van der Waals surface area contributed by atoms with Crippen molar-refractivity contribution >= 4 is 11.5 Å². The van der Waals surface area contributed by atoms with Gasteiger partial charge in [-0.2, -0.15) is 10.5 Å². The number of nitrogens with one attached hydrogen (secondary N) is 1. The van der Waals surface area contributed by atoms with E-state index in [0.29, 0.717) is 16.9 Å². The number of anilines is 2. The van der Waals surface area contributed by atoms with Crippen molar-refractivity contribution in [1.82, 2.24) is 4.98 Å². The first kappa shape index (κ1) is 13.6. The Hall–Kier alpha value is -2.85. The van der Waals surface area contributed by atoms with Gasteiger partial charge < -0.3 is 5.32 Å². The third-order valence-corrected chi connectivity index (χ3v) is 3.08. The Morgan fingerprint density at radius 2 is 1.75 bits per heavy atom. The highest BCUT2D eigenvalue weighted by Crippen LogP contribution is 2.25. The zero-order valence-corrected chi connectivity index (χ0v) is 11.7. The third kappa shape index (κ3) is 2.60. The largest absolute Gasteiger partial charge is 0.339 e. The number of benzene rings is 1. The van der Waals surface area contributed by atoms with E-state index in [1.807, 2.05) is 32.9 Å². The molecule has 2 aromatic rings. The van der Waals surface area contributed by atoms with Gasteiger partial charge in [0.25, 0.3) is 0 Å². The van der Waals surface area contributed by atoms with Gasteiger partial charge in [-0.3, -0.25) is 0 Å². The smallest absolute Gasteiger partial charge is 0.148 e. The molecule has 0 saturated carbocycles. The quantitative estimate of drug-likeness (QED) is 0.899. The average Bonchev–Trinajstić information content (AvgIpc) is 2.41. The Balaban J connectivity index is 2.51. The highest BCUT2D eigenvalue weighted by Gasteiger charge is 2.10. The zero-order chi connectivity index (χ0) is 14.7. The molecule has 0 unspecified atom stereocenters. The van der Waals surface area contributed by atoms with Crippen LogP contribution in [0.15, 0.2) is 24.3 Å². The maximum absolute atomic E-state index is 9.26. The van der Waals surface area contributed by atoms with Crippen LogP contribution in [-0.4, -0.2) is 4.98 Å². The Morgan fingerprint density at radius 3 is 2.40 bits per heavy atom. The highest BCUT2D eigenvalue weighted by atomic mass is 15.0. The topological polar surface area (TPSA) is 72.5 Å². The predicted octanol–water partition coefficient (Wildman–Crippen LogP) is 3.49. The first-order valence-electron chi connectivity index (χ1n) is 6.21. The van der Waals surface area contributed by atoms with E-state index in [1.165, 1.54) is 0 Å². The molecule has 0 aliphatic heterocycles. The van der Waals surface area contributed by atoms with Crippen LogP contribution >= 0.6 is 0 Å². The summed E-state index contributed by atoms with van der Waals surface area (Å²) in [6, 6.07) is 11.5. The summed E-state index contributed by atoms with van der Waals surface area (Å²) in [5, 5.41) is 21.4. The number of nitriles is 2. The maximum Gasteiger partial charge on any atom is 0.148 e. The van der Waals surface area contributed by atoms with Crippen molar-refractivity contribution in [3.63, 3.8) is 0 Å². The van der Waals surface area contributed by atoms with Crippen molar-refractivity contribution < 1.29 is 0 Å². The second-order valence-electron chi connectivity index (χ2n) is 4.68. The Bertz CT molecular complexity index is 748. The molecule has 0 saturated heterocycles. The van der Waals surface area contributed by atoms with Crippen LogP contribution in [0.5, 0.6) is 0 Å². The van der Waals surface area contributed by atoms with Gasteiger partial charge in [0, 0.05) is 11.4 Å². The minimum absolute atomic E-state index is 0.525. The molecule has 0 spiro atoms. The fraction of sp³-hybridized carbons (Fsp3) is 0.188. The molecule has 0 fully saturated rings. The van der Waals surface area contributed by atoms with E-state index in [1.54, 1.807) is 12.1 Å². The summed E-state index contributed by atoms with van der Waals surface area (Å²) in [5.41, 5.74) is 4.61. The number of hydrogen-bond donors (Lipinski definition) is 1. The van der Waals surface area contributed by atoms with Crippen LogP contribution in [0, 0.1) is 43.4 Å². The highest BCUT2D eigenvalue weighted by molar-refractivity contribution is 5.68. The number of aromatic nitrogens is 1. The lowest BCUT2D eigenvalue weighted by molar-refractivity contribution is 1.16. The normalized spacial score (nSPS) is 9.65. The van der Waals surface area contributed by atoms with E-state index >= 15 is 0 Å². The van der Waals surface area contributed by atoms with Gasteiger partial charge in [0.05, 0.1) is 17.2 Å². The molecule has 4 nitrogen and oxygen atoms in total. The second kappa shape index (κ2) is 5.42. The van der Waals surface area contributed by atoms with Gasteiger partial charge in [-0.05, 0) is 50.1 Å². The molecule has 20 heavy (non-hydrogen) atoms. The van der Waals surface area contributed by atoms with E-state index in [4.69, 9.17) is 5.26 Å². The van der Waals surface area contributed by atoms with Gasteiger partial charge >= 0.3 is 0 Å². The molecule has 0 radical (unpaired) electrons. The third-order valence-electron chi connectivity index (χ3n) is 3.08. The summed E-state index contributed by atoms with van der Waals surface area (Å²) in [7, 11) is 0. The van der Waals surface area contributed by atoms with E-state index in [-0.39, 0.29) is 0 Å². The SMILES string of the molecule is Cc1cc(C)c(C#N)c(Nc2cc(C#N)ccc2C)n1. The summed E-state index contributed by atoms with van der Waals surface area (Å²) < 4.78 is 0. The number of hydrogen-bond acceptors (Lipinski definition) is 4. The Morgan fingerprint density at radius 1 is 1.00 bits per heavy atom. The summed E-state index contributed by atoms with van der Waals surface area (Å²) in [5.74, 6) is 0.531. The van der Waals surface area contributed by atoms with Gasteiger partial charge in [0.2, 0.25) is 0 Å². The molecule has 1 heterocycles. The average molecular weight is 262 g/mol. The lowest BCUT2D eigenvalue weighted by Gasteiger charge is -2.12. The van der Waals surface area contributed by atoms with Gasteiger partial charge in [0.1, 0.15) is 11.9 Å². The lowest BCUT2D eigenvalue weighted by atomic mass is 10.1. The fourth-order valence-corrected chi connectivity index (χ4v) is 2.02. The predicted molar refractivity (Wildman–Crippen MR) is 77.6 cm³/mol. The van der Waals surface area contributed by atoms with E-state index < -0.39 is 0 Å². The summed E-state index contributed by atoms with van der Waals surface area (Å²) in [6.45, 7) is 5.72. The molecule has 0 bridgehead atoms. The van der Waals surface area contributed by atoms with Gasteiger partial charge in [-0.1, -0.05) is 6.07 Å². The standard InChI is InChI=1S/C16H14N4/c1-10-4-5-13(8-17)7-15(10)20-16-14(9-18)11(2)6-12(3)19-16/h4-7H,1-3H3,(H,19,20). The number of aryl methyl sites for hydroxylation is 3. The summed E-state index contributed by atoms with van der Waals surface area (Å²) in [6.07, 6.45) is 0. The van der Waals surface area contributed by atoms with Crippen LogP contribution < -0.4 is 5.32 Å². The molecule has 0 atom stereocenters. The van der Waals surface area contributed by atoms with Crippen LogP contribution in [0.25, 0.3) is 0 Å². The van der Waals surface area contributed by atoms with Gasteiger partial charge in [-0.15, -0.1) is 0 Å². The molecule has 98 valence electrons. The molecule has 4 heteroatoms. The maximum atomic E-state index is 9.26. The van der Waals surface area contributed by atoms with Crippen molar-refractivity contribution in [3.05, 3.63) is 52.2 Å². The van der Waals surface area contributed by atoms with Crippen molar-refractivity contribution in [1.29, 1.82) is 10.5 Å². The van der Waals surface area contributed by atoms with Crippen molar-refractivity contribution in [2.24, 2.45) is 0 Å². The van der Waals surface area contributed by atoms with Crippen LogP contribution in [0.3, 0.4) is 0 Å². The molecular weight excluding hydrogens is 248 g/mol. The molecular formula is C16H14N4. The van der Waals surface area contributed by atoms with Gasteiger partial charge in [0.15, 0.2) is 0 Å². The summed E-state index contributed by atoms with van der Waals surface area (Å²) in [4.78, 5) is 4.38. The van der Waals surface area contributed by atoms with Crippen LogP contribution in [0.1, 0.15) is 27.9 Å². The number of nitrogens with zero attached hydrogens (tertiary/aromatic N) is 3. The molecule has 1 aromatic carbocycles. The minimum atomic E-state index is 0.525. The zero-order valence-electron chi connectivity index (χ0n) is 11.7. The first-order valence-corrected chi connectivity index (χ1v) is 6.21. The molecule has 2 rings (SSSR count). The van der Waals surface area contributed by atoms with E-state index in [9.17, 15) is 5.26 Å². The van der Waals surface area contributed by atoms with Crippen molar-refractivity contribution in [3.8, 4) is 12.1 Å². The Labute approximate surface area is 118 Å². The molecule has 1 aromatic heterocycles. The van der Waals surface area contributed by atoms with E-state index in [0.717, 1.165) is 22.5 Å². The number of rotatable bonds is 2. The molecule has 0 aliphatic carbocycles. The second-order valence-corrected chi connectivity index (χ2v) is 4.68. The fourth-order valence-electron chi connectivity index (χ4n) is 2.02. The monoisotopic (exact) mass is 262 g/mol. The summed E-state index contributed by atoms with van der Waals surface area (Å²) >= 11 is 0. The minimum Gasteiger partial charge on any atom is -0.339 e. The first-order chi connectivity index (χ1) is 9.55. The molecule has 1 N–H and O–H groups in total. The van der Waals surface area contributed by atoms with Crippen LogP contribution in [-0.2, 0) is 0 Å². The number of pyridine rings is 1.